The van der Waals surface area contributed by atoms with Crippen molar-refractivity contribution >= 4 is 0 Å². The van der Waals surface area contributed by atoms with Crippen molar-refractivity contribution in [2.45, 2.75) is 13.2 Å². The summed E-state index contributed by atoms with van der Waals surface area (Å²) in [4.78, 5) is 0. The van der Waals surface area contributed by atoms with E-state index in [1.807, 2.05) is 48.5 Å². The van der Waals surface area contributed by atoms with Crippen molar-refractivity contribution in [1.82, 2.24) is 0 Å². The zero-order chi connectivity index (χ0) is 20.1. The zero-order valence-electron chi connectivity index (χ0n) is 16.0. The maximum atomic E-state index is 9.54. The van der Waals surface area contributed by atoms with E-state index in [-0.39, 0.29) is 11.5 Å². The summed E-state index contributed by atoms with van der Waals surface area (Å²) in [6.45, 7) is 0.974. The normalized spacial score (nSPS) is 10.8. The number of phenolic OH excluding ortho intramolecular Hbond substituents is 2. The van der Waals surface area contributed by atoms with E-state index in [1.165, 1.54) is 0 Å². The third kappa shape index (κ3) is 4.48. The van der Waals surface area contributed by atoms with Crippen LogP contribution < -0.4 is 0 Å². The third-order valence-electron chi connectivity index (χ3n) is 4.91. The van der Waals surface area contributed by atoms with Gasteiger partial charge in [-0.2, -0.15) is 0 Å². The van der Waals surface area contributed by atoms with E-state index in [9.17, 15) is 10.2 Å². The number of rotatable bonds is 6. The van der Waals surface area contributed by atoms with Gasteiger partial charge in [0.2, 0.25) is 0 Å². The first-order valence-electron chi connectivity index (χ1n) is 9.53. The molecular formula is C26H22O3. The monoisotopic (exact) mass is 382 g/mol. The fraction of sp³-hybridized carbons (Fsp3) is 0.0769. The number of hydrogen-bond donors (Lipinski definition) is 2. The van der Waals surface area contributed by atoms with Crippen LogP contribution in [-0.2, 0) is 18.0 Å². The first kappa shape index (κ1) is 18.8. The van der Waals surface area contributed by atoms with Crippen LogP contribution in [0.3, 0.4) is 0 Å². The minimum Gasteiger partial charge on any atom is -0.508 e. The summed E-state index contributed by atoms with van der Waals surface area (Å²) in [5, 5.41) is 19.1. The first-order valence-corrected chi connectivity index (χ1v) is 9.53. The van der Waals surface area contributed by atoms with E-state index in [2.05, 4.69) is 24.3 Å². The standard InChI is InChI=1S/C26H22O3/c27-23-13-9-19(10-14-23)25-7-3-1-5-21(25)17-29-18-22-6-2-4-8-26(22)20-11-15-24(28)16-12-20/h1-16,27-28H,17-18H2. The van der Waals surface area contributed by atoms with Gasteiger partial charge >= 0.3 is 0 Å². The molecule has 3 heteroatoms. The molecule has 0 saturated heterocycles. The average molecular weight is 382 g/mol. The van der Waals surface area contributed by atoms with Crippen molar-refractivity contribution in [1.29, 1.82) is 0 Å². The lowest BCUT2D eigenvalue weighted by molar-refractivity contribution is 0.108. The molecule has 0 heterocycles. The maximum absolute atomic E-state index is 9.54. The van der Waals surface area contributed by atoms with Crippen molar-refractivity contribution in [3.63, 3.8) is 0 Å². The Labute approximate surface area is 170 Å². The van der Waals surface area contributed by atoms with Crippen LogP contribution in [0.2, 0.25) is 0 Å². The van der Waals surface area contributed by atoms with Gasteiger partial charge in [-0.25, -0.2) is 0 Å². The Morgan fingerprint density at radius 2 is 0.862 bits per heavy atom. The molecule has 0 aromatic heterocycles. The molecule has 3 nitrogen and oxygen atoms in total. The van der Waals surface area contributed by atoms with Gasteiger partial charge in [0.25, 0.3) is 0 Å². The summed E-state index contributed by atoms with van der Waals surface area (Å²) in [6.07, 6.45) is 0. The Morgan fingerprint density at radius 3 is 1.28 bits per heavy atom. The molecule has 0 unspecified atom stereocenters. The van der Waals surface area contributed by atoms with Crippen LogP contribution in [0.1, 0.15) is 11.1 Å². The van der Waals surface area contributed by atoms with Crippen molar-refractivity contribution < 1.29 is 14.9 Å². The smallest absolute Gasteiger partial charge is 0.115 e. The van der Waals surface area contributed by atoms with E-state index in [0.29, 0.717) is 13.2 Å². The van der Waals surface area contributed by atoms with E-state index in [4.69, 9.17) is 4.74 Å². The highest BCUT2D eigenvalue weighted by atomic mass is 16.5. The molecule has 0 amide bonds. The van der Waals surface area contributed by atoms with Gasteiger partial charge < -0.3 is 14.9 Å². The molecule has 4 aromatic carbocycles. The SMILES string of the molecule is Oc1ccc(-c2ccccc2COCc2ccccc2-c2ccc(O)cc2)cc1. The van der Waals surface area contributed by atoms with Gasteiger partial charge in [0.15, 0.2) is 0 Å². The first-order chi connectivity index (χ1) is 14.2. The van der Waals surface area contributed by atoms with Crippen molar-refractivity contribution in [3.8, 4) is 33.8 Å². The van der Waals surface area contributed by atoms with Crippen LogP contribution >= 0.6 is 0 Å². The Bertz CT molecular complexity index is 994. The second kappa shape index (κ2) is 8.63. The van der Waals surface area contributed by atoms with E-state index in [0.717, 1.165) is 33.4 Å². The number of hydrogen-bond acceptors (Lipinski definition) is 3. The Balaban J connectivity index is 1.51. The minimum atomic E-state index is 0.258. The quantitative estimate of drug-likeness (QED) is 0.420. The molecule has 29 heavy (non-hydrogen) atoms. The van der Waals surface area contributed by atoms with Gasteiger partial charge in [-0.3, -0.25) is 0 Å². The molecule has 0 aliphatic rings. The molecule has 144 valence electrons. The van der Waals surface area contributed by atoms with E-state index in [1.54, 1.807) is 24.3 Å². The third-order valence-corrected chi connectivity index (χ3v) is 4.91. The predicted octanol–water partition coefficient (Wildman–Crippen LogP) is 6.15. The number of aromatic hydroxyl groups is 2. The predicted molar refractivity (Wildman–Crippen MR) is 116 cm³/mol. The molecule has 0 atom stereocenters. The number of benzene rings is 4. The molecule has 0 saturated carbocycles. The summed E-state index contributed by atoms with van der Waals surface area (Å²) in [5.74, 6) is 0.515. The Morgan fingerprint density at radius 1 is 0.483 bits per heavy atom. The lowest BCUT2D eigenvalue weighted by Gasteiger charge is -2.13. The molecule has 0 aliphatic carbocycles. The van der Waals surface area contributed by atoms with Crippen LogP contribution in [-0.4, -0.2) is 10.2 Å². The van der Waals surface area contributed by atoms with Crippen molar-refractivity contribution in [3.05, 3.63) is 108 Å². The van der Waals surface area contributed by atoms with Crippen LogP contribution in [0.4, 0.5) is 0 Å². The second-order valence-corrected chi connectivity index (χ2v) is 6.90. The van der Waals surface area contributed by atoms with Gasteiger partial charge in [0.1, 0.15) is 11.5 Å². The average Bonchev–Trinajstić information content (AvgIpc) is 2.76. The lowest BCUT2D eigenvalue weighted by atomic mass is 9.99. The highest BCUT2D eigenvalue weighted by molar-refractivity contribution is 5.68. The van der Waals surface area contributed by atoms with Crippen LogP contribution in [0, 0.1) is 0 Å². The summed E-state index contributed by atoms with van der Waals surface area (Å²) in [6, 6.07) is 30.7. The van der Waals surface area contributed by atoms with Gasteiger partial charge in [0.05, 0.1) is 13.2 Å². The minimum absolute atomic E-state index is 0.258. The van der Waals surface area contributed by atoms with E-state index < -0.39 is 0 Å². The van der Waals surface area contributed by atoms with Crippen molar-refractivity contribution in [2.24, 2.45) is 0 Å². The Kier molecular flexibility index (Phi) is 5.59. The zero-order valence-corrected chi connectivity index (χ0v) is 16.0. The van der Waals surface area contributed by atoms with Crippen LogP contribution in [0.5, 0.6) is 11.5 Å². The fourth-order valence-corrected chi connectivity index (χ4v) is 3.41. The highest BCUT2D eigenvalue weighted by Crippen LogP contribution is 2.28. The molecular weight excluding hydrogens is 360 g/mol. The molecule has 0 aliphatic heterocycles. The summed E-state index contributed by atoms with van der Waals surface area (Å²) in [5.41, 5.74) is 6.48. The molecule has 0 spiro atoms. The van der Waals surface area contributed by atoms with Crippen molar-refractivity contribution in [2.75, 3.05) is 0 Å². The van der Waals surface area contributed by atoms with Gasteiger partial charge in [-0.15, -0.1) is 0 Å². The molecule has 0 radical (unpaired) electrons. The number of phenols is 2. The fourth-order valence-electron chi connectivity index (χ4n) is 3.41. The molecule has 0 bridgehead atoms. The lowest BCUT2D eigenvalue weighted by Crippen LogP contribution is -1.98. The molecule has 4 aromatic rings. The molecule has 4 rings (SSSR count). The largest absolute Gasteiger partial charge is 0.508 e. The Hall–Kier alpha value is -3.56. The highest BCUT2D eigenvalue weighted by Gasteiger charge is 2.08. The summed E-state index contributed by atoms with van der Waals surface area (Å²) in [7, 11) is 0. The topological polar surface area (TPSA) is 49.7 Å². The maximum Gasteiger partial charge on any atom is 0.115 e. The summed E-state index contributed by atoms with van der Waals surface area (Å²) < 4.78 is 6.08. The van der Waals surface area contributed by atoms with Gasteiger partial charge in [-0.05, 0) is 57.6 Å². The second-order valence-electron chi connectivity index (χ2n) is 6.90. The van der Waals surface area contributed by atoms with Gasteiger partial charge in [-0.1, -0.05) is 72.8 Å². The van der Waals surface area contributed by atoms with E-state index >= 15 is 0 Å². The van der Waals surface area contributed by atoms with Crippen LogP contribution in [0.15, 0.2) is 97.1 Å². The van der Waals surface area contributed by atoms with Crippen LogP contribution in [0.25, 0.3) is 22.3 Å². The molecule has 0 fully saturated rings. The number of ether oxygens (including phenoxy) is 1. The van der Waals surface area contributed by atoms with Gasteiger partial charge in [0, 0.05) is 0 Å². The summed E-state index contributed by atoms with van der Waals surface area (Å²) >= 11 is 0. The molecule has 2 N–H and O–H groups in total.